The molecule has 0 heterocycles. The van der Waals surface area contributed by atoms with E-state index in [2.05, 4.69) is 5.32 Å². The lowest BCUT2D eigenvalue weighted by Crippen LogP contribution is -2.43. The van der Waals surface area contributed by atoms with Crippen LogP contribution in [0.2, 0.25) is 0 Å². The molecule has 0 fully saturated rings. The average Bonchev–Trinajstić information content (AvgIpc) is 2.32. The number of carbonyl (C=O) groups excluding carboxylic acids is 2. The van der Waals surface area contributed by atoms with Gasteiger partial charge in [0.05, 0.1) is 12.5 Å². The van der Waals surface area contributed by atoms with Gasteiger partial charge in [-0.3, -0.25) is 9.59 Å². The highest BCUT2D eigenvalue weighted by atomic mass is 16.6. The number of carbonyl (C=O) groups is 3. The lowest BCUT2D eigenvalue weighted by atomic mass is 10.1. The molecule has 0 aromatic rings. The second-order valence-electron chi connectivity index (χ2n) is 5.83. The highest BCUT2D eigenvalue weighted by Crippen LogP contribution is 2.10. The summed E-state index contributed by atoms with van der Waals surface area (Å²) in [5, 5.41) is 11.4. The van der Waals surface area contributed by atoms with Crippen molar-refractivity contribution in [3.05, 3.63) is 0 Å². The number of hydrogen-bond acceptors (Lipinski definition) is 5. The van der Waals surface area contributed by atoms with Crippen LogP contribution in [0.4, 0.5) is 0 Å². The molecule has 1 amide bonds. The van der Waals surface area contributed by atoms with Gasteiger partial charge in [0, 0.05) is 13.5 Å². The molecule has 0 saturated carbocycles. The number of carboxylic acid groups (broad SMARTS) is 1. The van der Waals surface area contributed by atoms with Crippen molar-refractivity contribution in [2.75, 3.05) is 7.11 Å². The van der Waals surface area contributed by atoms with Gasteiger partial charge in [0.15, 0.2) is 0 Å². The largest absolute Gasteiger partial charge is 0.480 e. The summed E-state index contributed by atoms with van der Waals surface area (Å²) in [7, 11) is 1.53. The molecule has 0 bridgehead atoms. The number of aliphatic carboxylic acids is 1. The minimum atomic E-state index is -1.29. The Morgan fingerprint density at radius 1 is 1.24 bits per heavy atom. The van der Waals surface area contributed by atoms with Gasteiger partial charge in [-0.1, -0.05) is 0 Å². The quantitative estimate of drug-likeness (QED) is 0.651. The van der Waals surface area contributed by atoms with Crippen molar-refractivity contribution in [2.24, 2.45) is 0 Å². The number of esters is 1. The minimum Gasteiger partial charge on any atom is -0.480 e. The SMILES string of the molecule is COC(C)CCC(=O)N[C@@H](CC(=O)OC(C)(C)C)C(=O)O. The normalized spacial score (nSPS) is 14.1. The fraction of sp³-hybridized carbons (Fsp3) is 0.786. The fourth-order valence-electron chi connectivity index (χ4n) is 1.47. The first kappa shape index (κ1) is 19.4. The zero-order valence-corrected chi connectivity index (χ0v) is 13.3. The molecular weight excluding hydrogens is 278 g/mol. The number of rotatable bonds is 8. The van der Waals surface area contributed by atoms with Crippen molar-refractivity contribution < 1.29 is 29.0 Å². The van der Waals surface area contributed by atoms with Crippen molar-refractivity contribution in [2.45, 2.75) is 64.7 Å². The molecule has 0 saturated heterocycles. The third kappa shape index (κ3) is 9.84. The van der Waals surface area contributed by atoms with Gasteiger partial charge in [0.25, 0.3) is 0 Å². The maximum atomic E-state index is 11.7. The maximum absolute atomic E-state index is 11.7. The van der Waals surface area contributed by atoms with Crippen molar-refractivity contribution >= 4 is 17.8 Å². The molecular formula is C14H25NO6. The predicted octanol–water partition coefficient (Wildman–Crippen LogP) is 1.10. The monoisotopic (exact) mass is 303 g/mol. The standard InChI is InChI=1S/C14H25NO6/c1-9(20-5)6-7-11(16)15-10(13(18)19)8-12(17)21-14(2,3)4/h9-10H,6-8H2,1-5H3,(H,15,16)(H,18,19)/t9?,10-/m0/s1. The van der Waals surface area contributed by atoms with Crippen molar-refractivity contribution in [3.8, 4) is 0 Å². The molecule has 0 rings (SSSR count). The molecule has 0 aromatic heterocycles. The van der Waals surface area contributed by atoms with E-state index in [0.717, 1.165) is 0 Å². The van der Waals surface area contributed by atoms with Gasteiger partial charge in [0.2, 0.25) is 5.91 Å². The van der Waals surface area contributed by atoms with E-state index < -0.39 is 35.9 Å². The van der Waals surface area contributed by atoms with Crippen molar-refractivity contribution in [1.82, 2.24) is 5.32 Å². The van der Waals surface area contributed by atoms with Gasteiger partial charge in [-0.2, -0.15) is 0 Å². The van der Waals surface area contributed by atoms with Gasteiger partial charge in [-0.15, -0.1) is 0 Å². The number of ether oxygens (including phenoxy) is 2. The Kier molecular flexibility index (Phi) is 7.94. The highest BCUT2D eigenvalue weighted by Gasteiger charge is 2.26. The smallest absolute Gasteiger partial charge is 0.326 e. The van der Waals surface area contributed by atoms with Gasteiger partial charge < -0.3 is 19.9 Å². The first-order valence-corrected chi connectivity index (χ1v) is 6.82. The Morgan fingerprint density at radius 2 is 1.81 bits per heavy atom. The molecule has 2 atom stereocenters. The summed E-state index contributed by atoms with van der Waals surface area (Å²) in [5.41, 5.74) is -0.696. The topological polar surface area (TPSA) is 102 Å². The number of carboxylic acids is 1. The minimum absolute atomic E-state index is 0.0927. The molecule has 0 spiro atoms. The fourth-order valence-corrected chi connectivity index (χ4v) is 1.47. The molecule has 0 aromatic carbocycles. The number of methoxy groups -OCH3 is 1. The lowest BCUT2D eigenvalue weighted by Gasteiger charge is -2.21. The maximum Gasteiger partial charge on any atom is 0.326 e. The van der Waals surface area contributed by atoms with Gasteiger partial charge in [0.1, 0.15) is 11.6 Å². The van der Waals surface area contributed by atoms with E-state index in [-0.39, 0.29) is 12.5 Å². The summed E-state index contributed by atoms with van der Waals surface area (Å²) in [6.07, 6.45) is 0.108. The van der Waals surface area contributed by atoms with E-state index in [1.165, 1.54) is 7.11 Å². The van der Waals surface area contributed by atoms with E-state index >= 15 is 0 Å². The lowest BCUT2D eigenvalue weighted by molar-refractivity contribution is -0.158. The third-order valence-electron chi connectivity index (χ3n) is 2.60. The summed E-state index contributed by atoms with van der Waals surface area (Å²) >= 11 is 0. The molecule has 7 heteroatoms. The summed E-state index contributed by atoms with van der Waals surface area (Å²) in [6, 6.07) is -1.29. The molecule has 0 aliphatic carbocycles. The molecule has 122 valence electrons. The summed E-state index contributed by atoms with van der Waals surface area (Å²) in [4.78, 5) is 34.4. The first-order valence-electron chi connectivity index (χ1n) is 6.82. The number of hydrogen-bond donors (Lipinski definition) is 2. The van der Waals surface area contributed by atoms with Crippen LogP contribution in [0.1, 0.15) is 47.0 Å². The Morgan fingerprint density at radius 3 is 2.24 bits per heavy atom. The van der Waals surface area contributed by atoms with Crippen LogP contribution in [0.3, 0.4) is 0 Å². The highest BCUT2D eigenvalue weighted by molar-refractivity contribution is 5.87. The second kappa shape index (κ2) is 8.61. The molecule has 2 N–H and O–H groups in total. The van der Waals surface area contributed by atoms with Crippen LogP contribution in [0.5, 0.6) is 0 Å². The molecule has 0 aliphatic rings. The summed E-state index contributed by atoms with van der Waals surface area (Å²) in [6.45, 7) is 6.87. The van der Waals surface area contributed by atoms with E-state index in [1.807, 2.05) is 6.92 Å². The summed E-state index contributed by atoms with van der Waals surface area (Å²) in [5.74, 6) is -2.37. The second-order valence-corrected chi connectivity index (χ2v) is 5.83. The molecule has 7 nitrogen and oxygen atoms in total. The van der Waals surface area contributed by atoms with Gasteiger partial charge in [-0.25, -0.2) is 4.79 Å². The predicted molar refractivity (Wildman–Crippen MR) is 75.7 cm³/mol. The zero-order valence-electron chi connectivity index (χ0n) is 13.3. The van der Waals surface area contributed by atoms with Crippen molar-refractivity contribution in [3.63, 3.8) is 0 Å². The van der Waals surface area contributed by atoms with Crippen LogP contribution in [-0.4, -0.2) is 47.8 Å². The molecule has 1 unspecified atom stereocenters. The van der Waals surface area contributed by atoms with Gasteiger partial charge >= 0.3 is 11.9 Å². The number of amides is 1. The average molecular weight is 303 g/mol. The Balaban J connectivity index is 4.40. The Labute approximate surface area is 125 Å². The van der Waals surface area contributed by atoms with E-state index in [1.54, 1.807) is 20.8 Å². The van der Waals surface area contributed by atoms with Crippen molar-refractivity contribution in [1.29, 1.82) is 0 Å². The van der Waals surface area contributed by atoms with Gasteiger partial charge in [-0.05, 0) is 34.1 Å². The zero-order chi connectivity index (χ0) is 16.6. The van der Waals surface area contributed by atoms with Crippen LogP contribution in [-0.2, 0) is 23.9 Å². The molecule has 0 radical (unpaired) electrons. The van der Waals surface area contributed by atoms with Crippen LogP contribution in [0, 0.1) is 0 Å². The summed E-state index contributed by atoms with van der Waals surface area (Å²) < 4.78 is 10.0. The molecule has 0 aliphatic heterocycles. The number of nitrogens with one attached hydrogen (secondary N) is 1. The third-order valence-corrected chi connectivity index (χ3v) is 2.60. The van der Waals surface area contributed by atoms with E-state index in [9.17, 15) is 14.4 Å². The molecule has 21 heavy (non-hydrogen) atoms. The van der Waals surface area contributed by atoms with Crippen LogP contribution in [0.15, 0.2) is 0 Å². The van der Waals surface area contributed by atoms with Crippen LogP contribution in [0.25, 0.3) is 0 Å². The van der Waals surface area contributed by atoms with E-state index in [0.29, 0.717) is 6.42 Å². The Hall–Kier alpha value is -1.63. The van der Waals surface area contributed by atoms with E-state index in [4.69, 9.17) is 14.6 Å². The van der Waals surface area contributed by atoms with Crippen LogP contribution >= 0.6 is 0 Å². The van der Waals surface area contributed by atoms with Crippen LogP contribution < -0.4 is 5.32 Å². The first-order chi connectivity index (χ1) is 9.55. The Bertz CT molecular complexity index is 374.